The molecule has 0 saturated heterocycles. The SMILES string of the molecule is C=CC(c1conn1)S(=O)(=O)O. The molecule has 0 aliphatic carbocycles. The summed E-state index contributed by atoms with van der Waals surface area (Å²) >= 11 is 0. The first kappa shape index (κ1) is 8.88. The minimum atomic E-state index is -4.22. The third kappa shape index (κ3) is 1.69. The van der Waals surface area contributed by atoms with Gasteiger partial charge in [-0.15, -0.1) is 11.7 Å². The topological polar surface area (TPSA) is 93.3 Å². The summed E-state index contributed by atoms with van der Waals surface area (Å²) in [6.45, 7) is 3.23. The second kappa shape index (κ2) is 3.03. The zero-order valence-corrected chi connectivity index (χ0v) is 6.73. The van der Waals surface area contributed by atoms with E-state index in [0.29, 0.717) is 0 Å². The van der Waals surface area contributed by atoms with E-state index in [-0.39, 0.29) is 5.69 Å². The van der Waals surface area contributed by atoms with Gasteiger partial charge in [-0.1, -0.05) is 6.08 Å². The van der Waals surface area contributed by atoms with Crippen molar-refractivity contribution in [3.8, 4) is 0 Å². The summed E-state index contributed by atoms with van der Waals surface area (Å²) in [6.07, 6.45) is 2.06. The van der Waals surface area contributed by atoms with Crippen LogP contribution in [0.3, 0.4) is 0 Å². The molecule has 66 valence electrons. The van der Waals surface area contributed by atoms with Gasteiger partial charge >= 0.3 is 0 Å². The Labute approximate surface area is 68.6 Å². The van der Waals surface area contributed by atoms with E-state index in [9.17, 15) is 8.42 Å². The van der Waals surface area contributed by atoms with Crippen LogP contribution in [-0.2, 0) is 10.1 Å². The van der Waals surface area contributed by atoms with Crippen molar-refractivity contribution >= 4 is 10.1 Å². The van der Waals surface area contributed by atoms with Crippen LogP contribution in [0, 0.1) is 0 Å². The van der Waals surface area contributed by atoms with Gasteiger partial charge in [0.2, 0.25) is 0 Å². The van der Waals surface area contributed by atoms with E-state index < -0.39 is 15.4 Å². The molecule has 1 aromatic heterocycles. The summed E-state index contributed by atoms with van der Waals surface area (Å²) in [5.74, 6) is 0. The van der Waals surface area contributed by atoms with Gasteiger partial charge in [-0.25, -0.2) is 0 Å². The maximum Gasteiger partial charge on any atom is 0.277 e. The zero-order chi connectivity index (χ0) is 9.19. The molecule has 1 aromatic rings. The number of hydrogen-bond donors (Lipinski definition) is 1. The highest BCUT2D eigenvalue weighted by atomic mass is 32.2. The molecular weight excluding hydrogens is 184 g/mol. The maximum absolute atomic E-state index is 10.6. The van der Waals surface area contributed by atoms with Crippen LogP contribution >= 0.6 is 0 Å². The molecule has 6 nitrogen and oxygen atoms in total. The Kier molecular flexibility index (Phi) is 2.25. The number of nitrogens with zero attached hydrogens (tertiary/aromatic N) is 2. The van der Waals surface area contributed by atoms with Gasteiger partial charge in [-0.3, -0.25) is 4.55 Å². The fraction of sp³-hybridized carbons (Fsp3) is 0.200. The Balaban J connectivity index is 3.08. The molecule has 0 aromatic carbocycles. The Morgan fingerprint density at radius 3 is 2.75 bits per heavy atom. The number of hydrogen-bond acceptors (Lipinski definition) is 5. The summed E-state index contributed by atoms with van der Waals surface area (Å²) in [7, 11) is -4.22. The fourth-order valence-corrected chi connectivity index (χ4v) is 1.34. The lowest BCUT2D eigenvalue weighted by atomic mass is 10.3. The Bertz CT molecular complexity index is 355. The summed E-state index contributed by atoms with van der Waals surface area (Å²) in [5, 5.41) is 5.11. The highest BCUT2D eigenvalue weighted by Gasteiger charge is 2.24. The molecule has 0 radical (unpaired) electrons. The van der Waals surface area contributed by atoms with Crippen LogP contribution in [0.25, 0.3) is 0 Å². The van der Waals surface area contributed by atoms with Crippen LogP contribution in [0.4, 0.5) is 0 Å². The van der Waals surface area contributed by atoms with Gasteiger partial charge in [0.25, 0.3) is 10.1 Å². The number of aromatic nitrogens is 2. The lowest BCUT2D eigenvalue weighted by Crippen LogP contribution is -2.09. The minimum Gasteiger partial charge on any atom is -0.345 e. The molecule has 1 heterocycles. The van der Waals surface area contributed by atoms with Crippen molar-refractivity contribution in [2.24, 2.45) is 0 Å². The van der Waals surface area contributed by atoms with E-state index in [4.69, 9.17) is 4.55 Å². The third-order valence-corrected chi connectivity index (χ3v) is 2.28. The Hall–Kier alpha value is -1.21. The van der Waals surface area contributed by atoms with Crippen LogP contribution in [-0.4, -0.2) is 23.3 Å². The molecule has 0 saturated carbocycles. The van der Waals surface area contributed by atoms with E-state index in [2.05, 4.69) is 21.5 Å². The molecule has 1 rings (SSSR count). The lowest BCUT2D eigenvalue weighted by Gasteiger charge is -2.01. The molecule has 0 aliphatic heterocycles. The van der Waals surface area contributed by atoms with E-state index in [1.807, 2.05) is 0 Å². The first-order valence-electron chi connectivity index (χ1n) is 2.91. The average Bonchev–Trinajstić information content (AvgIpc) is 2.38. The normalized spacial score (nSPS) is 14.1. The van der Waals surface area contributed by atoms with E-state index >= 15 is 0 Å². The summed E-state index contributed by atoms with van der Waals surface area (Å²) in [6, 6.07) is 0. The molecular formula is C5H6N2O4S. The standard InChI is InChI=1S/C5H6N2O4S/c1-2-5(12(8,9)10)4-3-11-7-6-4/h2-3,5H,1H2,(H,8,9,10). The van der Waals surface area contributed by atoms with Crippen molar-refractivity contribution in [2.45, 2.75) is 5.25 Å². The van der Waals surface area contributed by atoms with Crippen molar-refractivity contribution in [3.63, 3.8) is 0 Å². The third-order valence-electron chi connectivity index (χ3n) is 1.20. The van der Waals surface area contributed by atoms with E-state index in [1.165, 1.54) is 0 Å². The monoisotopic (exact) mass is 190 g/mol. The fourth-order valence-electron chi connectivity index (χ4n) is 0.691. The van der Waals surface area contributed by atoms with Crippen LogP contribution in [0.5, 0.6) is 0 Å². The first-order chi connectivity index (χ1) is 5.55. The molecule has 1 N–H and O–H groups in total. The summed E-state index contributed by atoms with van der Waals surface area (Å²) in [5.41, 5.74) is 0.00694. The van der Waals surface area contributed by atoms with Crippen molar-refractivity contribution in [1.29, 1.82) is 0 Å². The smallest absolute Gasteiger partial charge is 0.277 e. The van der Waals surface area contributed by atoms with Crippen LogP contribution in [0.15, 0.2) is 23.4 Å². The molecule has 1 atom stereocenters. The molecule has 0 fully saturated rings. The molecule has 12 heavy (non-hydrogen) atoms. The second-order valence-corrected chi connectivity index (χ2v) is 3.54. The second-order valence-electron chi connectivity index (χ2n) is 2.00. The van der Waals surface area contributed by atoms with Gasteiger partial charge in [0.15, 0.2) is 5.25 Å². The van der Waals surface area contributed by atoms with Gasteiger partial charge in [-0.05, 0) is 0 Å². The zero-order valence-electron chi connectivity index (χ0n) is 5.91. The van der Waals surface area contributed by atoms with Crippen LogP contribution in [0.2, 0.25) is 0 Å². The molecule has 1 unspecified atom stereocenters. The van der Waals surface area contributed by atoms with E-state index in [0.717, 1.165) is 12.3 Å². The average molecular weight is 190 g/mol. The quantitative estimate of drug-likeness (QED) is 0.540. The predicted octanol–water partition coefficient (Wildman–Crippen LogP) is 0.184. The Morgan fingerprint density at radius 1 is 1.75 bits per heavy atom. The van der Waals surface area contributed by atoms with Gasteiger partial charge in [0.05, 0.1) is 0 Å². The van der Waals surface area contributed by atoms with Gasteiger partial charge in [0, 0.05) is 5.27 Å². The molecule has 0 bridgehead atoms. The number of rotatable bonds is 3. The molecule has 0 spiro atoms. The van der Waals surface area contributed by atoms with Crippen LogP contribution in [0.1, 0.15) is 10.9 Å². The van der Waals surface area contributed by atoms with E-state index in [1.54, 1.807) is 0 Å². The predicted molar refractivity (Wildman–Crippen MR) is 38.8 cm³/mol. The summed E-state index contributed by atoms with van der Waals surface area (Å²) in [4.78, 5) is 0. The van der Waals surface area contributed by atoms with Crippen molar-refractivity contribution < 1.29 is 17.5 Å². The van der Waals surface area contributed by atoms with Gasteiger partial charge < -0.3 is 4.52 Å². The summed E-state index contributed by atoms with van der Waals surface area (Å²) < 4.78 is 34.2. The highest BCUT2D eigenvalue weighted by Crippen LogP contribution is 2.19. The molecule has 0 amide bonds. The molecule has 0 aliphatic rings. The van der Waals surface area contributed by atoms with Crippen LogP contribution < -0.4 is 0 Å². The highest BCUT2D eigenvalue weighted by molar-refractivity contribution is 7.86. The first-order valence-corrected chi connectivity index (χ1v) is 4.42. The van der Waals surface area contributed by atoms with Crippen molar-refractivity contribution in [3.05, 3.63) is 24.6 Å². The maximum atomic E-state index is 10.6. The minimum absolute atomic E-state index is 0.00694. The van der Waals surface area contributed by atoms with Gasteiger partial charge in [-0.2, -0.15) is 8.42 Å². The largest absolute Gasteiger partial charge is 0.345 e. The van der Waals surface area contributed by atoms with Crippen molar-refractivity contribution in [1.82, 2.24) is 10.4 Å². The van der Waals surface area contributed by atoms with Gasteiger partial charge in [0.1, 0.15) is 12.0 Å². The Morgan fingerprint density at radius 2 is 2.42 bits per heavy atom. The lowest BCUT2D eigenvalue weighted by molar-refractivity contribution is 0.392. The molecule has 7 heteroatoms. The van der Waals surface area contributed by atoms with Crippen molar-refractivity contribution in [2.75, 3.05) is 0 Å².